The van der Waals surface area contributed by atoms with Crippen molar-refractivity contribution >= 4 is 17.3 Å². The molecule has 0 atom stereocenters. The molecule has 18 heavy (non-hydrogen) atoms. The van der Waals surface area contributed by atoms with Crippen LogP contribution in [0, 0.1) is 23.7 Å². The Morgan fingerprint density at radius 1 is 1.50 bits per heavy atom. The summed E-state index contributed by atoms with van der Waals surface area (Å²) in [5.74, 6) is 0.768. The zero-order valence-corrected chi connectivity index (χ0v) is 11.5. The minimum atomic E-state index is -0.206. The largest absolute Gasteiger partial charge is 0.495 e. The van der Waals surface area contributed by atoms with Gasteiger partial charge in [0.2, 0.25) is 0 Å². The van der Waals surface area contributed by atoms with Crippen molar-refractivity contribution in [2.45, 2.75) is 26.2 Å². The van der Waals surface area contributed by atoms with Crippen LogP contribution in [0.4, 0.5) is 5.69 Å². The van der Waals surface area contributed by atoms with Crippen LogP contribution in [0.2, 0.25) is 5.02 Å². The fraction of sp³-hybridized carbons (Fsp3) is 0.500. The highest BCUT2D eigenvalue weighted by Crippen LogP contribution is 2.41. The number of methoxy groups -OCH3 is 1. The lowest BCUT2D eigenvalue weighted by Crippen LogP contribution is -2.35. The molecule has 1 aliphatic carbocycles. The first-order valence-corrected chi connectivity index (χ1v) is 6.47. The number of benzene rings is 1. The molecule has 4 heteroatoms. The van der Waals surface area contributed by atoms with Crippen LogP contribution in [-0.4, -0.2) is 13.7 Å². The maximum atomic E-state index is 9.19. The van der Waals surface area contributed by atoms with Crippen LogP contribution in [0.1, 0.15) is 24.8 Å². The number of rotatable bonds is 4. The maximum absolute atomic E-state index is 9.19. The van der Waals surface area contributed by atoms with Gasteiger partial charge in [-0.25, -0.2) is 0 Å². The third-order valence-corrected chi connectivity index (χ3v) is 4.05. The van der Waals surface area contributed by atoms with Crippen molar-refractivity contribution in [2.24, 2.45) is 5.41 Å². The first-order valence-electron chi connectivity index (χ1n) is 6.09. The van der Waals surface area contributed by atoms with Gasteiger partial charge in [0, 0.05) is 11.6 Å². The van der Waals surface area contributed by atoms with Gasteiger partial charge < -0.3 is 10.1 Å². The van der Waals surface area contributed by atoms with Crippen LogP contribution in [0.25, 0.3) is 0 Å². The van der Waals surface area contributed by atoms with E-state index in [9.17, 15) is 5.26 Å². The van der Waals surface area contributed by atoms with Crippen molar-refractivity contribution in [3.8, 4) is 11.8 Å². The van der Waals surface area contributed by atoms with Crippen LogP contribution in [0.15, 0.2) is 12.1 Å². The molecule has 0 bridgehead atoms. The summed E-state index contributed by atoms with van der Waals surface area (Å²) in [7, 11) is 1.64. The van der Waals surface area contributed by atoms with E-state index < -0.39 is 0 Å². The van der Waals surface area contributed by atoms with E-state index in [1.165, 1.54) is 0 Å². The van der Waals surface area contributed by atoms with Gasteiger partial charge >= 0.3 is 0 Å². The number of aryl methyl sites for hydroxylation is 1. The molecule has 1 aromatic carbocycles. The Hall–Kier alpha value is -1.40. The molecule has 2 rings (SSSR count). The highest BCUT2D eigenvalue weighted by atomic mass is 35.5. The second-order valence-electron chi connectivity index (χ2n) is 4.90. The zero-order chi connectivity index (χ0) is 13.2. The molecule has 0 unspecified atom stereocenters. The molecule has 0 aromatic heterocycles. The molecular formula is C14H17ClN2O. The minimum absolute atomic E-state index is 0.206. The van der Waals surface area contributed by atoms with Gasteiger partial charge in [-0.05, 0) is 37.5 Å². The topological polar surface area (TPSA) is 45.0 Å². The van der Waals surface area contributed by atoms with Gasteiger partial charge in [0.25, 0.3) is 0 Å². The van der Waals surface area contributed by atoms with E-state index in [0.717, 1.165) is 36.3 Å². The summed E-state index contributed by atoms with van der Waals surface area (Å²) in [6, 6.07) is 6.18. The van der Waals surface area contributed by atoms with Gasteiger partial charge in [-0.3, -0.25) is 0 Å². The minimum Gasteiger partial charge on any atom is -0.495 e. The molecule has 0 aliphatic heterocycles. The normalized spacial score (nSPS) is 16.6. The number of halogens is 1. The first kappa shape index (κ1) is 13.0. The average molecular weight is 265 g/mol. The highest BCUT2D eigenvalue weighted by Gasteiger charge is 2.37. The highest BCUT2D eigenvalue weighted by molar-refractivity contribution is 6.31. The second kappa shape index (κ2) is 5.07. The van der Waals surface area contributed by atoms with Crippen molar-refractivity contribution in [2.75, 3.05) is 19.0 Å². The lowest BCUT2D eigenvalue weighted by atomic mass is 9.70. The zero-order valence-electron chi connectivity index (χ0n) is 10.7. The fourth-order valence-corrected chi connectivity index (χ4v) is 2.32. The van der Waals surface area contributed by atoms with Gasteiger partial charge in [-0.15, -0.1) is 0 Å². The molecule has 1 saturated carbocycles. The van der Waals surface area contributed by atoms with Crippen LogP contribution < -0.4 is 10.1 Å². The quantitative estimate of drug-likeness (QED) is 0.901. The third-order valence-electron chi connectivity index (χ3n) is 3.65. The lowest BCUT2D eigenvalue weighted by Gasteiger charge is -2.35. The van der Waals surface area contributed by atoms with Crippen molar-refractivity contribution in [3.63, 3.8) is 0 Å². The Kier molecular flexibility index (Phi) is 3.68. The van der Waals surface area contributed by atoms with Gasteiger partial charge in [0.1, 0.15) is 5.75 Å². The van der Waals surface area contributed by atoms with E-state index in [0.29, 0.717) is 11.6 Å². The number of hydrogen-bond acceptors (Lipinski definition) is 3. The molecule has 0 spiro atoms. The van der Waals surface area contributed by atoms with Gasteiger partial charge in [-0.1, -0.05) is 18.0 Å². The smallest absolute Gasteiger partial charge is 0.142 e. The van der Waals surface area contributed by atoms with Crippen molar-refractivity contribution in [1.29, 1.82) is 5.26 Å². The van der Waals surface area contributed by atoms with Gasteiger partial charge in [0.05, 0.1) is 24.3 Å². The SMILES string of the molecule is COc1cc(C)c(Cl)cc1NCC1(C#N)CCC1. The van der Waals surface area contributed by atoms with E-state index >= 15 is 0 Å². The summed E-state index contributed by atoms with van der Waals surface area (Å²) in [4.78, 5) is 0. The molecule has 1 fully saturated rings. The van der Waals surface area contributed by atoms with E-state index in [1.807, 2.05) is 19.1 Å². The van der Waals surface area contributed by atoms with Gasteiger partial charge in [0.15, 0.2) is 0 Å². The number of nitriles is 1. The number of anilines is 1. The predicted octanol–water partition coefficient (Wildman–Crippen LogP) is 3.76. The molecule has 1 aromatic rings. The molecule has 0 amide bonds. The Morgan fingerprint density at radius 3 is 2.72 bits per heavy atom. The molecule has 1 aliphatic rings. The summed E-state index contributed by atoms with van der Waals surface area (Å²) in [5, 5.41) is 13.2. The van der Waals surface area contributed by atoms with Crippen molar-refractivity contribution in [1.82, 2.24) is 0 Å². The first-order chi connectivity index (χ1) is 8.60. The Morgan fingerprint density at radius 2 is 2.22 bits per heavy atom. The number of nitrogens with one attached hydrogen (secondary N) is 1. The van der Waals surface area contributed by atoms with Crippen LogP contribution in [0.5, 0.6) is 5.75 Å². The molecule has 0 radical (unpaired) electrons. The summed E-state index contributed by atoms with van der Waals surface area (Å²) in [6.45, 7) is 2.59. The fourth-order valence-electron chi connectivity index (χ4n) is 2.16. The molecule has 1 N–H and O–H groups in total. The molecule has 3 nitrogen and oxygen atoms in total. The van der Waals surface area contributed by atoms with E-state index in [4.69, 9.17) is 16.3 Å². The molecule has 96 valence electrons. The lowest BCUT2D eigenvalue weighted by molar-refractivity contribution is 0.233. The van der Waals surface area contributed by atoms with E-state index in [-0.39, 0.29) is 5.41 Å². The Bertz CT molecular complexity index is 489. The van der Waals surface area contributed by atoms with Gasteiger partial charge in [-0.2, -0.15) is 5.26 Å². The molecular weight excluding hydrogens is 248 g/mol. The third kappa shape index (κ3) is 2.39. The van der Waals surface area contributed by atoms with Crippen LogP contribution in [-0.2, 0) is 0 Å². The predicted molar refractivity (Wildman–Crippen MR) is 73.1 cm³/mol. The number of hydrogen-bond donors (Lipinski definition) is 1. The summed E-state index contributed by atoms with van der Waals surface area (Å²) < 4.78 is 5.33. The number of nitrogens with zero attached hydrogens (tertiary/aromatic N) is 1. The van der Waals surface area contributed by atoms with E-state index in [1.54, 1.807) is 7.11 Å². The summed E-state index contributed by atoms with van der Waals surface area (Å²) in [5.41, 5.74) is 1.63. The summed E-state index contributed by atoms with van der Waals surface area (Å²) in [6.07, 6.45) is 3.08. The Labute approximate surface area is 113 Å². The molecule has 0 heterocycles. The monoisotopic (exact) mass is 264 g/mol. The summed E-state index contributed by atoms with van der Waals surface area (Å²) >= 11 is 6.11. The van der Waals surface area contributed by atoms with Crippen molar-refractivity contribution < 1.29 is 4.74 Å². The van der Waals surface area contributed by atoms with E-state index in [2.05, 4.69) is 11.4 Å². The van der Waals surface area contributed by atoms with Crippen LogP contribution >= 0.6 is 11.6 Å². The average Bonchev–Trinajstić information content (AvgIpc) is 2.32. The molecule has 0 saturated heterocycles. The van der Waals surface area contributed by atoms with Crippen LogP contribution in [0.3, 0.4) is 0 Å². The van der Waals surface area contributed by atoms with Crippen molar-refractivity contribution in [3.05, 3.63) is 22.7 Å². The maximum Gasteiger partial charge on any atom is 0.142 e. The standard InChI is InChI=1S/C14H17ClN2O/c1-10-6-13(18-2)12(7-11(10)15)17-9-14(8-16)4-3-5-14/h6-7,17H,3-5,9H2,1-2H3. The number of ether oxygens (including phenoxy) is 1. The Balaban J connectivity index is 2.14. The second-order valence-corrected chi connectivity index (χ2v) is 5.31.